The van der Waals surface area contributed by atoms with Crippen molar-refractivity contribution in [3.05, 3.63) is 53.4 Å². The molecule has 0 unspecified atom stereocenters. The lowest BCUT2D eigenvalue weighted by Gasteiger charge is -2.24. The molecule has 4 rings (SSSR count). The summed E-state index contributed by atoms with van der Waals surface area (Å²) in [5, 5.41) is 4.07. The van der Waals surface area contributed by atoms with Gasteiger partial charge in [-0.05, 0) is 46.0 Å². The number of aromatic amines is 1. The molecule has 8 nitrogen and oxygen atoms in total. The molecule has 1 aromatic carbocycles. The van der Waals surface area contributed by atoms with Gasteiger partial charge in [0.25, 0.3) is 5.91 Å². The molecule has 0 bridgehead atoms. The summed E-state index contributed by atoms with van der Waals surface area (Å²) in [7, 11) is 4.00. The quantitative estimate of drug-likeness (QED) is 0.632. The molecule has 2 heterocycles. The Morgan fingerprint density at radius 3 is 2.59 bits per heavy atom. The molecule has 1 N–H and O–H groups in total. The second-order valence-electron chi connectivity index (χ2n) is 7.81. The highest BCUT2D eigenvalue weighted by atomic mass is 16.5. The second kappa shape index (κ2) is 8.16. The van der Waals surface area contributed by atoms with E-state index in [2.05, 4.69) is 25.0 Å². The average molecular weight is 394 g/mol. The van der Waals surface area contributed by atoms with Crippen molar-refractivity contribution in [1.82, 2.24) is 29.9 Å². The number of carbonyl (C=O) groups excluding carboxylic acids is 1. The first kappa shape index (κ1) is 19.3. The van der Waals surface area contributed by atoms with Crippen molar-refractivity contribution in [2.24, 2.45) is 0 Å². The van der Waals surface area contributed by atoms with E-state index in [9.17, 15) is 4.79 Å². The molecule has 2 aromatic heterocycles. The number of benzene rings is 1. The summed E-state index contributed by atoms with van der Waals surface area (Å²) < 4.78 is 5.33. The Kier molecular flexibility index (Phi) is 5.44. The molecule has 1 saturated carbocycles. The third kappa shape index (κ3) is 4.54. The zero-order valence-electron chi connectivity index (χ0n) is 17.1. The Balaban J connectivity index is 1.50. The molecule has 8 heteroatoms. The molecule has 0 radical (unpaired) electrons. The van der Waals surface area contributed by atoms with Crippen LogP contribution < -0.4 is 0 Å². The van der Waals surface area contributed by atoms with Gasteiger partial charge in [0.1, 0.15) is 0 Å². The SMILES string of the molecule is Cc1[nH]cnc1CN(CCN(C)C)C(=O)c1ccc(-c2noc(C3CC3)n2)cc1. The summed E-state index contributed by atoms with van der Waals surface area (Å²) in [5.41, 5.74) is 3.34. The summed E-state index contributed by atoms with van der Waals surface area (Å²) in [6, 6.07) is 7.40. The summed E-state index contributed by atoms with van der Waals surface area (Å²) in [6.45, 7) is 3.83. The van der Waals surface area contributed by atoms with Crippen LogP contribution in [0.1, 0.15) is 46.4 Å². The van der Waals surface area contributed by atoms with E-state index in [0.29, 0.717) is 36.3 Å². The normalized spacial score (nSPS) is 13.8. The van der Waals surface area contributed by atoms with Crippen LogP contribution in [0.5, 0.6) is 0 Å². The van der Waals surface area contributed by atoms with Gasteiger partial charge < -0.3 is 19.3 Å². The van der Waals surface area contributed by atoms with Crippen molar-refractivity contribution in [2.45, 2.75) is 32.2 Å². The minimum atomic E-state index is -0.0208. The highest BCUT2D eigenvalue weighted by Crippen LogP contribution is 2.39. The number of likely N-dealkylation sites (N-methyl/N-ethyl adjacent to an activating group) is 1. The molecule has 29 heavy (non-hydrogen) atoms. The van der Waals surface area contributed by atoms with Crippen molar-refractivity contribution < 1.29 is 9.32 Å². The summed E-state index contributed by atoms with van der Waals surface area (Å²) in [5.74, 6) is 1.69. The lowest BCUT2D eigenvalue weighted by Crippen LogP contribution is -2.36. The number of carbonyl (C=O) groups is 1. The fourth-order valence-electron chi connectivity index (χ4n) is 3.09. The number of hydrogen-bond acceptors (Lipinski definition) is 6. The summed E-state index contributed by atoms with van der Waals surface area (Å²) >= 11 is 0. The summed E-state index contributed by atoms with van der Waals surface area (Å²) in [4.78, 5) is 28.9. The molecule has 0 spiro atoms. The maximum atomic E-state index is 13.2. The van der Waals surface area contributed by atoms with E-state index in [1.807, 2.05) is 50.2 Å². The average Bonchev–Trinajstić information content (AvgIpc) is 3.31. The molecule has 0 aliphatic heterocycles. The number of aromatic nitrogens is 4. The van der Waals surface area contributed by atoms with E-state index in [4.69, 9.17) is 4.52 Å². The molecular formula is C21H26N6O2. The van der Waals surface area contributed by atoms with E-state index in [-0.39, 0.29) is 5.91 Å². The summed E-state index contributed by atoms with van der Waals surface area (Å²) in [6.07, 6.45) is 3.90. The van der Waals surface area contributed by atoms with Crippen LogP contribution in [0, 0.1) is 6.92 Å². The molecule has 152 valence electrons. The van der Waals surface area contributed by atoms with Crippen LogP contribution in [0.3, 0.4) is 0 Å². The topological polar surface area (TPSA) is 91.2 Å². The number of H-pyrrole nitrogens is 1. The van der Waals surface area contributed by atoms with Crippen molar-refractivity contribution >= 4 is 5.91 Å². The highest BCUT2D eigenvalue weighted by Gasteiger charge is 2.29. The van der Waals surface area contributed by atoms with E-state index < -0.39 is 0 Å². The monoisotopic (exact) mass is 394 g/mol. The molecule has 1 amide bonds. The van der Waals surface area contributed by atoms with Crippen LogP contribution in [0.25, 0.3) is 11.4 Å². The molecule has 1 aliphatic rings. The van der Waals surface area contributed by atoms with Crippen LogP contribution >= 0.6 is 0 Å². The zero-order chi connectivity index (χ0) is 20.4. The largest absolute Gasteiger partial charge is 0.348 e. The van der Waals surface area contributed by atoms with Gasteiger partial charge in [-0.15, -0.1) is 0 Å². The number of imidazole rings is 1. The van der Waals surface area contributed by atoms with Crippen molar-refractivity contribution in [1.29, 1.82) is 0 Å². The number of hydrogen-bond donors (Lipinski definition) is 1. The van der Waals surface area contributed by atoms with Crippen LogP contribution in [0.2, 0.25) is 0 Å². The van der Waals surface area contributed by atoms with Gasteiger partial charge in [0, 0.05) is 35.8 Å². The van der Waals surface area contributed by atoms with Gasteiger partial charge >= 0.3 is 0 Å². The van der Waals surface area contributed by atoms with Gasteiger partial charge in [-0.3, -0.25) is 4.79 Å². The van der Waals surface area contributed by atoms with Gasteiger partial charge in [0.15, 0.2) is 0 Å². The lowest BCUT2D eigenvalue weighted by atomic mass is 10.1. The third-order valence-corrected chi connectivity index (χ3v) is 5.14. The van der Waals surface area contributed by atoms with Crippen LogP contribution in [-0.2, 0) is 6.54 Å². The van der Waals surface area contributed by atoms with Crippen molar-refractivity contribution in [3.8, 4) is 11.4 Å². The lowest BCUT2D eigenvalue weighted by molar-refractivity contribution is 0.0730. The maximum Gasteiger partial charge on any atom is 0.254 e. The number of nitrogens with zero attached hydrogens (tertiary/aromatic N) is 5. The molecule has 0 atom stereocenters. The Bertz CT molecular complexity index is 971. The number of amides is 1. The van der Waals surface area contributed by atoms with E-state index >= 15 is 0 Å². The fourth-order valence-corrected chi connectivity index (χ4v) is 3.09. The van der Waals surface area contributed by atoms with E-state index in [0.717, 1.165) is 36.3 Å². The van der Waals surface area contributed by atoms with Crippen molar-refractivity contribution in [3.63, 3.8) is 0 Å². The predicted octanol–water partition coefficient (Wildman–Crippen LogP) is 2.85. The molecule has 3 aromatic rings. The van der Waals surface area contributed by atoms with Crippen LogP contribution in [0.15, 0.2) is 35.1 Å². The fraction of sp³-hybridized carbons (Fsp3) is 0.429. The first-order chi connectivity index (χ1) is 14.0. The predicted molar refractivity (Wildman–Crippen MR) is 108 cm³/mol. The number of rotatable bonds is 8. The van der Waals surface area contributed by atoms with Gasteiger partial charge in [-0.2, -0.15) is 4.98 Å². The number of nitrogens with one attached hydrogen (secondary N) is 1. The first-order valence-corrected chi connectivity index (χ1v) is 9.88. The second-order valence-corrected chi connectivity index (χ2v) is 7.81. The highest BCUT2D eigenvalue weighted by molar-refractivity contribution is 5.94. The van der Waals surface area contributed by atoms with E-state index in [1.165, 1.54) is 0 Å². The Hall–Kier alpha value is -3.00. The van der Waals surface area contributed by atoms with Gasteiger partial charge in [0.05, 0.1) is 18.6 Å². The molecule has 1 fully saturated rings. The first-order valence-electron chi connectivity index (χ1n) is 9.88. The third-order valence-electron chi connectivity index (χ3n) is 5.14. The minimum Gasteiger partial charge on any atom is -0.348 e. The maximum absolute atomic E-state index is 13.2. The zero-order valence-corrected chi connectivity index (χ0v) is 17.1. The van der Waals surface area contributed by atoms with Gasteiger partial charge in [-0.25, -0.2) is 4.98 Å². The van der Waals surface area contributed by atoms with E-state index in [1.54, 1.807) is 6.33 Å². The number of aryl methyl sites for hydroxylation is 1. The Morgan fingerprint density at radius 2 is 1.97 bits per heavy atom. The smallest absolute Gasteiger partial charge is 0.254 e. The molecule has 0 saturated heterocycles. The van der Waals surface area contributed by atoms with Crippen LogP contribution in [0.4, 0.5) is 0 Å². The molecular weight excluding hydrogens is 368 g/mol. The van der Waals surface area contributed by atoms with Crippen LogP contribution in [-0.4, -0.2) is 63.0 Å². The molecule has 1 aliphatic carbocycles. The van der Waals surface area contributed by atoms with Gasteiger partial charge in [-0.1, -0.05) is 17.3 Å². The minimum absolute atomic E-state index is 0.0208. The Labute approximate surface area is 169 Å². The standard InChI is InChI=1S/C21H26N6O2/c1-14-18(23-13-22-14)12-27(11-10-26(2)3)21(28)17-8-4-15(5-9-17)19-24-20(29-25-19)16-6-7-16/h4-5,8-9,13,16H,6-7,10-12H2,1-3H3,(H,22,23). The van der Waals surface area contributed by atoms with Gasteiger partial charge in [0.2, 0.25) is 11.7 Å². The Morgan fingerprint density at radius 1 is 1.21 bits per heavy atom. The van der Waals surface area contributed by atoms with Crippen molar-refractivity contribution in [2.75, 3.05) is 27.2 Å².